The summed E-state index contributed by atoms with van der Waals surface area (Å²) >= 11 is 0. The highest BCUT2D eigenvalue weighted by Gasteiger charge is 2.38. The fourth-order valence-corrected chi connectivity index (χ4v) is 1.45. The molecule has 1 rings (SSSR count). The van der Waals surface area contributed by atoms with Crippen LogP contribution in [0.4, 0.5) is 0 Å². The van der Waals surface area contributed by atoms with Crippen molar-refractivity contribution in [3.63, 3.8) is 0 Å². The van der Waals surface area contributed by atoms with E-state index in [2.05, 4.69) is 0 Å². The van der Waals surface area contributed by atoms with Gasteiger partial charge in [-0.15, -0.1) is 12.4 Å². The van der Waals surface area contributed by atoms with Gasteiger partial charge in [-0.3, -0.25) is 4.79 Å². The number of rotatable bonds is 3. The van der Waals surface area contributed by atoms with Crippen molar-refractivity contribution in [2.45, 2.75) is 39.2 Å². The number of carbonyl (C=O) groups excluding carboxylic acids is 1. The molecule has 4 heteroatoms. The van der Waals surface area contributed by atoms with Crippen LogP contribution < -0.4 is 5.73 Å². The van der Waals surface area contributed by atoms with E-state index in [0.717, 1.165) is 6.42 Å². The standard InChI is InChI=1S/C10H19NO2.ClH/c1-10(2,3)13-9(12)5-7-4-8(7)6-11;/h7-8H,4-6,11H2,1-3H3;1H/t7-,8-;/m0./s1. The number of halogens is 1. The highest BCUT2D eigenvalue weighted by atomic mass is 35.5. The lowest BCUT2D eigenvalue weighted by atomic mass is 10.2. The SMILES string of the molecule is CC(C)(C)OC(=O)C[C@@H]1C[C@H]1CN.Cl. The lowest BCUT2D eigenvalue weighted by Gasteiger charge is -2.19. The normalized spacial score (nSPS) is 25.1. The number of hydrogen-bond donors (Lipinski definition) is 1. The Hall–Kier alpha value is -0.280. The molecule has 0 amide bonds. The van der Waals surface area contributed by atoms with Crippen LogP contribution in [0.15, 0.2) is 0 Å². The van der Waals surface area contributed by atoms with Gasteiger partial charge in [0.15, 0.2) is 0 Å². The highest BCUT2D eigenvalue weighted by Crippen LogP contribution is 2.40. The van der Waals surface area contributed by atoms with E-state index < -0.39 is 0 Å². The largest absolute Gasteiger partial charge is 0.460 e. The Balaban J connectivity index is 0.00000169. The molecule has 0 spiro atoms. The average Bonchev–Trinajstić information content (AvgIpc) is 2.62. The molecule has 0 radical (unpaired) electrons. The van der Waals surface area contributed by atoms with Crippen LogP contribution in [0.3, 0.4) is 0 Å². The zero-order valence-electron chi connectivity index (χ0n) is 9.08. The molecule has 14 heavy (non-hydrogen) atoms. The molecule has 1 aliphatic carbocycles. The van der Waals surface area contributed by atoms with Gasteiger partial charge in [0.2, 0.25) is 0 Å². The number of esters is 1. The maximum absolute atomic E-state index is 11.3. The molecule has 2 atom stereocenters. The van der Waals surface area contributed by atoms with E-state index in [4.69, 9.17) is 10.5 Å². The zero-order valence-corrected chi connectivity index (χ0v) is 9.89. The molecular formula is C10H20ClNO2. The quantitative estimate of drug-likeness (QED) is 0.739. The number of carbonyl (C=O) groups is 1. The van der Waals surface area contributed by atoms with Crippen molar-refractivity contribution < 1.29 is 9.53 Å². The Bertz CT molecular complexity index is 201. The number of ether oxygens (including phenoxy) is 1. The van der Waals surface area contributed by atoms with E-state index in [1.807, 2.05) is 20.8 Å². The summed E-state index contributed by atoms with van der Waals surface area (Å²) in [6.45, 7) is 6.36. The van der Waals surface area contributed by atoms with Gasteiger partial charge in [-0.05, 0) is 45.6 Å². The lowest BCUT2D eigenvalue weighted by Crippen LogP contribution is -2.24. The third-order valence-electron chi connectivity index (χ3n) is 2.22. The minimum absolute atomic E-state index is 0. The third kappa shape index (κ3) is 4.82. The van der Waals surface area contributed by atoms with Crippen LogP contribution in [0, 0.1) is 11.8 Å². The molecule has 0 aromatic rings. The van der Waals surface area contributed by atoms with Gasteiger partial charge in [0.1, 0.15) is 5.60 Å². The molecule has 0 bridgehead atoms. The topological polar surface area (TPSA) is 52.3 Å². The smallest absolute Gasteiger partial charge is 0.306 e. The van der Waals surface area contributed by atoms with E-state index in [0.29, 0.717) is 24.8 Å². The Kier molecular flexibility index (Phi) is 4.89. The average molecular weight is 222 g/mol. The lowest BCUT2D eigenvalue weighted by molar-refractivity contribution is -0.155. The van der Waals surface area contributed by atoms with Crippen molar-refractivity contribution in [3.8, 4) is 0 Å². The minimum Gasteiger partial charge on any atom is -0.460 e. The van der Waals surface area contributed by atoms with Crippen molar-refractivity contribution in [2.75, 3.05) is 6.54 Å². The second-order valence-electron chi connectivity index (χ2n) is 4.78. The van der Waals surface area contributed by atoms with E-state index in [9.17, 15) is 4.79 Å². The molecule has 1 aliphatic rings. The van der Waals surface area contributed by atoms with Crippen LogP contribution in [0.1, 0.15) is 33.6 Å². The van der Waals surface area contributed by atoms with Gasteiger partial charge < -0.3 is 10.5 Å². The van der Waals surface area contributed by atoms with Crippen molar-refractivity contribution in [1.29, 1.82) is 0 Å². The molecule has 2 N–H and O–H groups in total. The van der Waals surface area contributed by atoms with Gasteiger partial charge in [0.05, 0.1) is 0 Å². The van der Waals surface area contributed by atoms with Gasteiger partial charge in [-0.25, -0.2) is 0 Å². The molecule has 0 aliphatic heterocycles. The van der Waals surface area contributed by atoms with Gasteiger partial charge in [-0.2, -0.15) is 0 Å². The molecule has 0 heterocycles. The summed E-state index contributed by atoms with van der Waals surface area (Å²) in [6, 6.07) is 0. The monoisotopic (exact) mass is 221 g/mol. The van der Waals surface area contributed by atoms with Crippen molar-refractivity contribution >= 4 is 18.4 Å². The number of hydrogen-bond acceptors (Lipinski definition) is 3. The van der Waals surface area contributed by atoms with Crippen LogP contribution in [0.2, 0.25) is 0 Å². The van der Waals surface area contributed by atoms with Crippen LogP contribution in [0.25, 0.3) is 0 Å². The van der Waals surface area contributed by atoms with Gasteiger partial charge in [0.25, 0.3) is 0 Å². The third-order valence-corrected chi connectivity index (χ3v) is 2.22. The van der Waals surface area contributed by atoms with Crippen LogP contribution in [-0.2, 0) is 9.53 Å². The van der Waals surface area contributed by atoms with Crippen molar-refractivity contribution in [1.82, 2.24) is 0 Å². The van der Waals surface area contributed by atoms with Gasteiger partial charge in [0, 0.05) is 6.42 Å². The second-order valence-corrected chi connectivity index (χ2v) is 4.78. The maximum atomic E-state index is 11.3. The molecule has 0 saturated heterocycles. The Morgan fingerprint density at radius 3 is 2.36 bits per heavy atom. The van der Waals surface area contributed by atoms with E-state index in [1.54, 1.807) is 0 Å². The van der Waals surface area contributed by atoms with E-state index in [-0.39, 0.29) is 24.0 Å². The fraction of sp³-hybridized carbons (Fsp3) is 0.900. The molecule has 0 aromatic carbocycles. The first-order chi connectivity index (χ1) is 5.92. The predicted octanol–water partition coefficient (Wildman–Crippen LogP) is 1.73. The first-order valence-electron chi connectivity index (χ1n) is 4.84. The predicted molar refractivity (Wildman–Crippen MR) is 58.4 cm³/mol. The van der Waals surface area contributed by atoms with Crippen molar-refractivity contribution in [3.05, 3.63) is 0 Å². The Morgan fingerprint density at radius 2 is 2.00 bits per heavy atom. The Morgan fingerprint density at radius 1 is 1.43 bits per heavy atom. The molecule has 0 aromatic heterocycles. The minimum atomic E-state index is -0.357. The second kappa shape index (κ2) is 4.99. The highest BCUT2D eigenvalue weighted by molar-refractivity contribution is 5.85. The molecule has 1 fully saturated rings. The summed E-state index contributed by atoms with van der Waals surface area (Å²) in [4.78, 5) is 11.3. The fourth-order valence-electron chi connectivity index (χ4n) is 1.45. The summed E-state index contributed by atoms with van der Waals surface area (Å²) in [6.07, 6.45) is 1.63. The summed E-state index contributed by atoms with van der Waals surface area (Å²) in [5.74, 6) is 0.959. The van der Waals surface area contributed by atoms with E-state index >= 15 is 0 Å². The van der Waals surface area contributed by atoms with Crippen LogP contribution in [0.5, 0.6) is 0 Å². The van der Waals surface area contributed by atoms with Crippen LogP contribution >= 0.6 is 12.4 Å². The summed E-state index contributed by atoms with van der Waals surface area (Å²) in [7, 11) is 0. The first kappa shape index (κ1) is 13.7. The molecule has 3 nitrogen and oxygen atoms in total. The molecule has 0 unspecified atom stereocenters. The Labute approximate surface area is 91.8 Å². The van der Waals surface area contributed by atoms with Crippen LogP contribution in [-0.4, -0.2) is 18.1 Å². The van der Waals surface area contributed by atoms with Crippen molar-refractivity contribution in [2.24, 2.45) is 17.6 Å². The van der Waals surface area contributed by atoms with Gasteiger partial charge in [-0.1, -0.05) is 0 Å². The first-order valence-corrected chi connectivity index (χ1v) is 4.84. The molecular weight excluding hydrogens is 202 g/mol. The summed E-state index contributed by atoms with van der Waals surface area (Å²) in [5, 5.41) is 0. The van der Waals surface area contributed by atoms with Gasteiger partial charge >= 0.3 is 5.97 Å². The van der Waals surface area contributed by atoms with E-state index in [1.165, 1.54) is 0 Å². The maximum Gasteiger partial charge on any atom is 0.306 e. The summed E-state index contributed by atoms with van der Waals surface area (Å²) < 4.78 is 5.20. The molecule has 84 valence electrons. The molecule has 1 saturated carbocycles. The zero-order chi connectivity index (χ0) is 10.1. The summed E-state index contributed by atoms with van der Waals surface area (Å²) in [5.41, 5.74) is 5.12. The number of nitrogens with two attached hydrogens (primary N) is 1.